The highest BCUT2D eigenvalue weighted by Crippen LogP contribution is 2.34. The lowest BCUT2D eigenvalue weighted by Crippen LogP contribution is -2.03. The van der Waals surface area contributed by atoms with Gasteiger partial charge in [0.15, 0.2) is 5.82 Å². The normalized spacial score (nSPS) is 13.4. The average molecular weight is 296 g/mol. The maximum absolute atomic E-state index is 13.2. The fourth-order valence-electron chi connectivity index (χ4n) is 2.02. The third-order valence-corrected chi connectivity index (χ3v) is 4.25. The maximum Gasteiger partial charge on any atom is 0.161 e. The molecule has 0 radical (unpaired) electrons. The van der Waals surface area contributed by atoms with E-state index >= 15 is 0 Å². The number of fused-ring (bicyclic) bond motifs is 1. The first-order chi connectivity index (χ1) is 9.19. The van der Waals surface area contributed by atoms with Crippen molar-refractivity contribution in [1.29, 1.82) is 0 Å². The van der Waals surface area contributed by atoms with Crippen LogP contribution in [0.4, 0.5) is 10.2 Å². The van der Waals surface area contributed by atoms with Crippen molar-refractivity contribution < 1.29 is 4.39 Å². The van der Waals surface area contributed by atoms with E-state index in [9.17, 15) is 4.39 Å². The number of halogens is 2. The lowest BCUT2D eigenvalue weighted by atomic mass is 10.2. The summed E-state index contributed by atoms with van der Waals surface area (Å²) in [5, 5.41) is 3.18. The number of nitrogens with one attached hydrogen (secondary N) is 1. The molecule has 1 aromatic heterocycles. The van der Waals surface area contributed by atoms with Gasteiger partial charge >= 0.3 is 0 Å². The highest BCUT2D eigenvalue weighted by Gasteiger charge is 2.19. The average Bonchev–Trinajstić information content (AvgIpc) is 2.89. The Kier molecular flexibility index (Phi) is 3.33. The number of hydrogen-bond donors (Lipinski definition) is 1. The predicted octanol–water partition coefficient (Wildman–Crippen LogP) is 3.72. The molecule has 1 aromatic carbocycles. The summed E-state index contributed by atoms with van der Waals surface area (Å²) in [4.78, 5) is 9.04. The van der Waals surface area contributed by atoms with Crippen LogP contribution in [0.3, 0.4) is 0 Å². The number of thioether (sulfide) groups is 1. The first-order valence-corrected chi connectivity index (χ1v) is 7.33. The van der Waals surface area contributed by atoms with E-state index in [2.05, 4.69) is 15.3 Å². The number of benzene rings is 1. The molecule has 0 fully saturated rings. The molecule has 19 heavy (non-hydrogen) atoms. The molecule has 0 unspecified atom stereocenters. The fourth-order valence-corrected chi connectivity index (χ4v) is 3.24. The number of rotatable bonds is 2. The van der Waals surface area contributed by atoms with Crippen LogP contribution >= 0.6 is 23.4 Å². The van der Waals surface area contributed by atoms with Gasteiger partial charge < -0.3 is 5.32 Å². The van der Waals surface area contributed by atoms with E-state index < -0.39 is 5.82 Å². The van der Waals surface area contributed by atoms with E-state index in [0.717, 1.165) is 34.1 Å². The van der Waals surface area contributed by atoms with Gasteiger partial charge in [0, 0.05) is 29.7 Å². The Morgan fingerprint density at radius 2 is 2.16 bits per heavy atom. The van der Waals surface area contributed by atoms with Crippen LogP contribution in [-0.2, 0) is 11.5 Å². The van der Waals surface area contributed by atoms with Crippen molar-refractivity contribution in [3.05, 3.63) is 40.3 Å². The topological polar surface area (TPSA) is 37.8 Å². The number of aromatic nitrogens is 2. The van der Waals surface area contributed by atoms with Crippen LogP contribution in [0.2, 0.25) is 5.02 Å². The largest absolute Gasteiger partial charge is 0.373 e. The van der Waals surface area contributed by atoms with Crippen molar-refractivity contribution in [2.24, 2.45) is 0 Å². The summed E-state index contributed by atoms with van der Waals surface area (Å²) in [5.74, 6) is 2.79. The zero-order valence-corrected chi connectivity index (χ0v) is 11.8. The molecule has 98 valence electrons. The Morgan fingerprint density at radius 1 is 1.32 bits per heavy atom. The predicted molar refractivity (Wildman–Crippen MR) is 77.0 cm³/mol. The van der Waals surface area contributed by atoms with E-state index in [-0.39, 0.29) is 5.02 Å². The van der Waals surface area contributed by atoms with Crippen molar-refractivity contribution in [1.82, 2.24) is 9.97 Å². The van der Waals surface area contributed by atoms with Gasteiger partial charge in [0.1, 0.15) is 11.6 Å². The second-order valence-electron chi connectivity index (χ2n) is 4.19. The molecular weight excluding hydrogens is 285 g/mol. The molecule has 2 aromatic rings. The summed E-state index contributed by atoms with van der Waals surface area (Å²) in [7, 11) is 1.84. The van der Waals surface area contributed by atoms with Crippen LogP contribution in [0.25, 0.3) is 11.4 Å². The summed E-state index contributed by atoms with van der Waals surface area (Å²) in [6.45, 7) is 0. The molecule has 6 heteroatoms. The van der Waals surface area contributed by atoms with Gasteiger partial charge in [-0.2, -0.15) is 11.8 Å². The van der Waals surface area contributed by atoms with Gasteiger partial charge in [-0.25, -0.2) is 14.4 Å². The minimum Gasteiger partial charge on any atom is -0.373 e. The molecule has 0 amide bonds. The van der Waals surface area contributed by atoms with Crippen LogP contribution < -0.4 is 5.32 Å². The Balaban J connectivity index is 2.12. The number of nitrogens with zero attached hydrogens (tertiary/aromatic N) is 2. The van der Waals surface area contributed by atoms with E-state index in [4.69, 9.17) is 11.6 Å². The van der Waals surface area contributed by atoms with Gasteiger partial charge in [0.25, 0.3) is 0 Å². The van der Waals surface area contributed by atoms with Crippen LogP contribution in [0.1, 0.15) is 11.3 Å². The monoisotopic (exact) mass is 295 g/mol. The summed E-state index contributed by atoms with van der Waals surface area (Å²) in [6.07, 6.45) is 0. The summed E-state index contributed by atoms with van der Waals surface area (Å²) >= 11 is 7.62. The summed E-state index contributed by atoms with van der Waals surface area (Å²) in [5.41, 5.74) is 2.92. The molecule has 0 bridgehead atoms. The van der Waals surface area contributed by atoms with Crippen molar-refractivity contribution in [3.8, 4) is 11.4 Å². The van der Waals surface area contributed by atoms with Crippen LogP contribution in [0.5, 0.6) is 0 Å². The second kappa shape index (κ2) is 4.98. The molecule has 3 nitrogen and oxygen atoms in total. The molecule has 1 aliphatic heterocycles. The van der Waals surface area contributed by atoms with Gasteiger partial charge in [-0.1, -0.05) is 11.6 Å². The SMILES string of the molecule is CNc1nc(-c2ccc(F)c(Cl)c2)nc2c1CSC2. The zero-order chi connectivity index (χ0) is 13.4. The smallest absolute Gasteiger partial charge is 0.161 e. The molecule has 0 aliphatic carbocycles. The molecule has 3 rings (SSSR count). The fraction of sp³-hybridized carbons (Fsp3) is 0.231. The quantitative estimate of drug-likeness (QED) is 0.916. The molecular formula is C13H11ClFN3S. The minimum atomic E-state index is -0.434. The molecule has 0 spiro atoms. The minimum absolute atomic E-state index is 0.0852. The van der Waals surface area contributed by atoms with Crippen molar-refractivity contribution in [2.45, 2.75) is 11.5 Å². The van der Waals surface area contributed by atoms with E-state index in [1.807, 2.05) is 18.8 Å². The van der Waals surface area contributed by atoms with Gasteiger partial charge in [0.2, 0.25) is 0 Å². The standard InChI is InChI=1S/C13H11ClFN3S/c1-16-13-8-5-19-6-11(8)17-12(18-13)7-2-3-10(15)9(14)4-7/h2-4H,5-6H2,1H3,(H,16,17,18). The lowest BCUT2D eigenvalue weighted by Gasteiger charge is -2.09. The highest BCUT2D eigenvalue weighted by atomic mass is 35.5. The molecule has 2 heterocycles. The van der Waals surface area contributed by atoms with Crippen molar-refractivity contribution in [3.63, 3.8) is 0 Å². The molecule has 0 atom stereocenters. The lowest BCUT2D eigenvalue weighted by molar-refractivity contribution is 0.628. The molecule has 0 saturated carbocycles. The van der Waals surface area contributed by atoms with E-state index in [0.29, 0.717) is 5.82 Å². The van der Waals surface area contributed by atoms with Gasteiger partial charge in [-0.3, -0.25) is 0 Å². The van der Waals surface area contributed by atoms with Crippen molar-refractivity contribution >= 4 is 29.2 Å². The Labute approximate surface area is 119 Å². The molecule has 0 saturated heterocycles. The summed E-state index contributed by atoms with van der Waals surface area (Å²) < 4.78 is 13.2. The first-order valence-electron chi connectivity index (χ1n) is 5.79. The van der Waals surface area contributed by atoms with Crippen LogP contribution in [0.15, 0.2) is 18.2 Å². The first kappa shape index (κ1) is 12.7. The van der Waals surface area contributed by atoms with Crippen LogP contribution in [0, 0.1) is 5.82 Å². The van der Waals surface area contributed by atoms with Gasteiger partial charge in [-0.05, 0) is 18.2 Å². The third-order valence-electron chi connectivity index (χ3n) is 2.99. The Bertz CT molecular complexity index is 648. The number of anilines is 1. The third kappa shape index (κ3) is 2.28. The highest BCUT2D eigenvalue weighted by molar-refractivity contribution is 7.98. The van der Waals surface area contributed by atoms with E-state index in [1.165, 1.54) is 6.07 Å². The second-order valence-corrected chi connectivity index (χ2v) is 5.59. The Morgan fingerprint density at radius 3 is 2.89 bits per heavy atom. The number of hydrogen-bond acceptors (Lipinski definition) is 4. The maximum atomic E-state index is 13.2. The molecule has 1 N–H and O–H groups in total. The van der Waals surface area contributed by atoms with Crippen LogP contribution in [-0.4, -0.2) is 17.0 Å². The van der Waals surface area contributed by atoms with E-state index in [1.54, 1.807) is 12.1 Å². The molecule has 1 aliphatic rings. The Hall–Kier alpha value is -1.33. The van der Waals surface area contributed by atoms with Crippen molar-refractivity contribution in [2.75, 3.05) is 12.4 Å². The summed E-state index contributed by atoms with van der Waals surface area (Å²) in [6, 6.07) is 4.53. The van der Waals surface area contributed by atoms with Gasteiger partial charge in [0.05, 0.1) is 10.7 Å². The zero-order valence-electron chi connectivity index (χ0n) is 10.2. The van der Waals surface area contributed by atoms with Gasteiger partial charge in [-0.15, -0.1) is 0 Å².